The van der Waals surface area contributed by atoms with E-state index in [0.29, 0.717) is 18.0 Å². The number of rotatable bonds is 4. The van der Waals surface area contributed by atoms with Gasteiger partial charge in [-0.25, -0.2) is 4.79 Å². The van der Waals surface area contributed by atoms with Crippen LogP contribution in [0.3, 0.4) is 0 Å². The van der Waals surface area contributed by atoms with Crippen molar-refractivity contribution in [1.82, 2.24) is 5.32 Å². The van der Waals surface area contributed by atoms with E-state index in [1.165, 1.54) is 12.3 Å². The number of imide groups is 1. The quantitative estimate of drug-likeness (QED) is 0.898. The van der Waals surface area contributed by atoms with Crippen molar-refractivity contribution in [1.29, 1.82) is 0 Å². The molecule has 0 atom stereocenters. The monoisotopic (exact) mass is 274 g/mol. The van der Waals surface area contributed by atoms with Crippen molar-refractivity contribution < 1.29 is 18.7 Å². The number of benzene rings is 1. The average Bonchev–Trinajstić information content (AvgIpc) is 2.95. The number of furan rings is 1. The van der Waals surface area contributed by atoms with Crippen molar-refractivity contribution in [2.75, 3.05) is 11.9 Å². The van der Waals surface area contributed by atoms with Gasteiger partial charge in [-0.05, 0) is 31.2 Å². The molecule has 1 heterocycles. The van der Waals surface area contributed by atoms with Crippen LogP contribution in [0.15, 0.2) is 47.1 Å². The van der Waals surface area contributed by atoms with Gasteiger partial charge in [0.05, 0.1) is 18.6 Å². The molecule has 20 heavy (non-hydrogen) atoms. The molecular weight excluding hydrogens is 260 g/mol. The van der Waals surface area contributed by atoms with Gasteiger partial charge in [-0.2, -0.15) is 0 Å². The van der Waals surface area contributed by atoms with Crippen LogP contribution in [-0.4, -0.2) is 18.5 Å². The molecule has 2 rings (SSSR count). The zero-order valence-corrected chi connectivity index (χ0v) is 10.9. The number of ether oxygens (including phenoxy) is 1. The Bertz CT molecular complexity index is 593. The van der Waals surface area contributed by atoms with Crippen molar-refractivity contribution in [3.63, 3.8) is 0 Å². The summed E-state index contributed by atoms with van der Waals surface area (Å²) in [5.74, 6) is -0.00441. The lowest BCUT2D eigenvalue weighted by Gasteiger charge is -2.11. The van der Waals surface area contributed by atoms with Crippen LogP contribution in [0, 0.1) is 0 Å². The number of hydrogen-bond acceptors (Lipinski definition) is 4. The Balaban J connectivity index is 2.00. The van der Waals surface area contributed by atoms with Crippen LogP contribution < -0.4 is 15.4 Å². The number of hydrogen-bond donors (Lipinski definition) is 2. The molecule has 0 saturated carbocycles. The first-order valence-corrected chi connectivity index (χ1v) is 6.08. The molecule has 6 heteroatoms. The molecule has 0 spiro atoms. The molecule has 0 unspecified atom stereocenters. The van der Waals surface area contributed by atoms with Crippen molar-refractivity contribution in [2.45, 2.75) is 6.92 Å². The van der Waals surface area contributed by atoms with Gasteiger partial charge >= 0.3 is 6.03 Å². The maximum atomic E-state index is 11.7. The van der Waals surface area contributed by atoms with E-state index in [2.05, 4.69) is 10.6 Å². The number of para-hydroxylation sites is 2. The third-order valence-corrected chi connectivity index (χ3v) is 2.41. The molecule has 2 aromatic rings. The molecule has 0 fully saturated rings. The summed E-state index contributed by atoms with van der Waals surface area (Å²) in [6.45, 7) is 2.32. The minimum absolute atomic E-state index is 0.0678. The minimum atomic E-state index is -0.654. The van der Waals surface area contributed by atoms with Gasteiger partial charge in [0.2, 0.25) is 0 Å². The summed E-state index contributed by atoms with van der Waals surface area (Å²) in [7, 11) is 0. The smallest absolute Gasteiger partial charge is 0.326 e. The summed E-state index contributed by atoms with van der Waals surface area (Å²) in [4.78, 5) is 23.4. The Morgan fingerprint density at radius 1 is 1.20 bits per heavy atom. The number of nitrogens with one attached hydrogen (secondary N) is 2. The van der Waals surface area contributed by atoms with E-state index in [4.69, 9.17) is 9.15 Å². The number of carbonyl (C=O) groups excluding carboxylic acids is 2. The van der Waals surface area contributed by atoms with E-state index in [-0.39, 0.29) is 5.76 Å². The van der Waals surface area contributed by atoms with Gasteiger partial charge in [0.1, 0.15) is 5.75 Å². The second-order valence-electron chi connectivity index (χ2n) is 3.81. The van der Waals surface area contributed by atoms with Crippen LogP contribution in [0.2, 0.25) is 0 Å². The largest absolute Gasteiger partial charge is 0.492 e. The lowest BCUT2D eigenvalue weighted by atomic mass is 10.3. The third kappa shape index (κ3) is 3.38. The van der Waals surface area contributed by atoms with E-state index in [1.54, 1.807) is 30.3 Å². The molecule has 0 saturated heterocycles. The van der Waals surface area contributed by atoms with Crippen LogP contribution in [0.1, 0.15) is 17.5 Å². The fraction of sp³-hybridized carbons (Fsp3) is 0.143. The Morgan fingerprint density at radius 2 is 2.00 bits per heavy atom. The summed E-state index contributed by atoms with van der Waals surface area (Å²) in [5, 5.41) is 4.71. The second kappa shape index (κ2) is 6.42. The summed E-state index contributed by atoms with van der Waals surface area (Å²) < 4.78 is 10.3. The maximum absolute atomic E-state index is 11.7. The van der Waals surface area contributed by atoms with E-state index in [1.807, 2.05) is 6.92 Å². The first kappa shape index (κ1) is 13.7. The molecular formula is C14H14N2O4. The number of anilines is 1. The van der Waals surface area contributed by atoms with E-state index in [9.17, 15) is 9.59 Å². The molecule has 0 radical (unpaired) electrons. The molecule has 1 aromatic carbocycles. The van der Waals surface area contributed by atoms with Crippen LogP contribution in [0.5, 0.6) is 5.75 Å². The van der Waals surface area contributed by atoms with Gasteiger partial charge in [-0.15, -0.1) is 0 Å². The SMILES string of the molecule is CCOc1ccccc1NC(=O)NC(=O)c1ccco1. The highest BCUT2D eigenvalue weighted by Gasteiger charge is 2.13. The third-order valence-electron chi connectivity index (χ3n) is 2.41. The molecule has 6 nitrogen and oxygen atoms in total. The topological polar surface area (TPSA) is 80.6 Å². The van der Waals surface area contributed by atoms with Gasteiger partial charge in [-0.1, -0.05) is 12.1 Å². The summed E-state index contributed by atoms with van der Waals surface area (Å²) in [5.41, 5.74) is 0.485. The molecule has 0 aliphatic carbocycles. The van der Waals surface area contributed by atoms with Gasteiger partial charge in [-0.3, -0.25) is 10.1 Å². The van der Waals surface area contributed by atoms with Crippen LogP contribution in [0.4, 0.5) is 10.5 Å². The summed E-state index contributed by atoms with van der Waals surface area (Å²) >= 11 is 0. The standard InChI is InChI=1S/C14H14N2O4/c1-2-19-11-7-4-3-6-10(11)15-14(18)16-13(17)12-8-5-9-20-12/h3-9H,2H2,1H3,(H2,15,16,17,18). The van der Waals surface area contributed by atoms with E-state index >= 15 is 0 Å². The molecule has 0 aliphatic rings. The summed E-state index contributed by atoms with van der Waals surface area (Å²) in [6, 6.07) is 9.34. The Morgan fingerprint density at radius 3 is 2.70 bits per heavy atom. The number of urea groups is 1. The van der Waals surface area contributed by atoms with Crippen molar-refractivity contribution in [3.8, 4) is 5.75 Å². The molecule has 0 bridgehead atoms. The number of amides is 3. The lowest BCUT2D eigenvalue weighted by Crippen LogP contribution is -2.34. The van der Waals surface area contributed by atoms with Crippen LogP contribution in [0.25, 0.3) is 0 Å². The highest BCUT2D eigenvalue weighted by atomic mass is 16.5. The lowest BCUT2D eigenvalue weighted by molar-refractivity contribution is 0.0940. The van der Waals surface area contributed by atoms with E-state index < -0.39 is 11.9 Å². The first-order valence-electron chi connectivity index (χ1n) is 6.08. The van der Waals surface area contributed by atoms with Crippen LogP contribution >= 0.6 is 0 Å². The fourth-order valence-corrected chi connectivity index (χ4v) is 1.58. The molecule has 104 valence electrons. The Kier molecular flexibility index (Phi) is 4.39. The highest BCUT2D eigenvalue weighted by Crippen LogP contribution is 2.23. The van der Waals surface area contributed by atoms with Crippen LogP contribution in [-0.2, 0) is 0 Å². The van der Waals surface area contributed by atoms with E-state index in [0.717, 1.165) is 0 Å². The van der Waals surface area contributed by atoms with Crippen molar-refractivity contribution in [3.05, 3.63) is 48.4 Å². The normalized spacial score (nSPS) is 9.85. The van der Waals surface area contributed by atoms with Gasteiger partial charge in [0.25, 0.3) is 5.91 Å². The highest BCUT2D eigenvalue weighted by molar-refractivity contribution is 6.07. The zero-order chi connectivity index (χ0) is 14.4. The zero-order valence-electron chi connectivity index (χ0n) is 10.9. The summed E-state index contributed by atoms with van der Waals surface area (Å²) in [6.07, 6.45) is 1.36. The molecule has 3 amide bonds. The molecule has 0 aliphatic heterocycles. The maximum Gasteiger partial charge on any atom is 0.326 e. The predicted molar refractivity (Wildman–Crippen MR) is 72.8 cm³/mol. The van der Waals surface area contributed by atoms with Gasteiger partial charge < -0.3 is 14.5 Å². The second-order valence-corrected chi connectivity index (χ2v) is 3.81. The van der Waals surface area contributed by atoms with Crippen molar-refractivity contribution in [2.24, 2.45) is 0 Å². The van der Waals surface area contributed by atoms with Gasteiger partial charge in [0.15, 0.2) is 5.76 Å². The number of carbonyl (C=O) groups is 2. The minimum Gasteiger partial charge on any atom is -0.492 e. The Labute approximate surface area is 115 Å². The first-order chi connectivity index (χ1) is 9.70. The van der Waals surface area contributed by atoms with Crippen molar-refractivity contribution >= 4 is 17.6 Å². The predicted octanol–water partition coefficient (Wildman–Crippen LogP) is 2.64. The molecule has 2 N–H and O–H groups in total. The molecule has 1 aromatic heterocycles. The van der Waals surface area contributed by atoms with Gasteiger partial charge in [0, 0.05) is 0 Å². The average molecular weight is 274 g/mol. The fourth-order valence-electron chi connectivity index (χ4n) is 1.58. The Hall–Kier alpha value is -2.76.